The first-order valence-electron chi connectivity index (χ1n) is 5.31. The molecule has 16 heavy (non-hydrogen) atoms. The molecule has 0 saturated heterocycles. The molecular formula is C13H13ClN2. The number of hydrogen-bond acceptors (Lipinski definition) is 2. The summed E-state index contributed by atoms with van der Waals surface area (Å²) in [6.07, 6.45) is 4.25. The number of nitriles is 1. The fraction of sp³-hybridized carbons (Fsp3) is 0.308. The second-order valence-electron chi connectivity index (χ2n) is 3.94. The largest absolute Gasteiger partial charge is 0.363 e. The van der Waals surface area contributed by atoms with Crippen molar-refractivity contribution in [2.24, 2.45) is 0 Å². The van der Waals surface area contributed by atoms with Gasteiger partial charge in [0.2, 0.25) is 0 Å². The second kappa shape index (κ2) is 4.59. The zero-order chi connectivity index (χ0) is 11.5. The van der Waals surface area contributed by atoms with Crippen LogP contribution in [0.3, 0.4) is 0 Å². The summed E-state index contributed by atoms with van der Waals surface area (Å²) in [4.78, 5) is 2.20. The average Bonchev–Trinajstić information content (AvgIpc) is 2.81. The Labute approximate surface area is 101 Å². The Bertz CT molecular complexity index is 451. The minimum Gasteiger partial charge on any atom is -0.363 e. The normalized spacial score (nSPS) is 16.2. The SMILES string of the molecule is CC(C#N)c1ccc(N2CC=CC2)c(Cl)c1. The number of benzene rings is 1. The number of anilines is 1. The van der Waals surface area contributed by atoms with Gasteiger partial charge in [0, 0.05) is 13.1 Å². The molecule has 0 amide bonds. The van der Waals surface area contributed by atoms with E-state index in [0.717, 1.165) is 29.4 Å². The lowest BCUT2D eigenvalue weighted by Crippen LogP contribution is -2.18. The maximum absolute atomic E-state index is 8.85. The van der Waals surface area contributed by atoms with E-state index in [0.29, 0.717) is 0 Å². The highest BCUT2D eigenvalue weighted by atomic mass is 35.5. The molecule has 2 nitrogen and oxygen atoms in total. The van der Waals surface area contributed by atoms with Crippen molar-refractivity contribution in [3.05, 3.63) is 40.9 Å². The lowest BCUT2D eigenvalue weighted by molar-refractivity contribution is 0.971. The van der Waals surface area contributed by atoms with Crippen LogP contribution >= 0.6 is 11.6 Å². The quantitative estimate of drug-likeness (QED) is 0.732. The van der Waals surface area contributed by atoms with Gasteiger partial charge in [0.05, 0.1) is 22.7 Å². The Balaban J connectivity index is 2.27. The molecule has 0 N–H and O–H groups in total. The van der Waals surface area contributed by atoms with Crippen molar-refractivity contribution in [1.82, 2.24) is 0 Å². The second-order valence-corrected chi connectivity index (χ2v) is 4.35. The molecule has 3 heteroatoms. The zero-order valence-electron chi connectivity index (χ0n) is 9.15. The molecule has 0 bridgehead atoms. The van der Waals surface area contributed by atoms with Crippen LogP contribution in [0.5, 0.6) is 0 Å². The standard InChI is InChI=1S/C13H13ClN2/c1-10(9-15)11-4-5-13(12(14)8-11)16-6-2-3-7-16/h2-5,8,10H,6-7H2,1H3. The molecule has 0 saturated carbocycles. The first kappa shape index (κ1) is 11.0. The zero-order valence-corrected chi connectivity index (χ0v) is 9.91. The molecule has 0 aliphatic carbocycles. The smallest absolute Gasteiger partial charge is 0.0700 e. The van der Waals surface area contributed by atoms with Crippen molar-refractivity contribution in [2.45, 2.75) is 12.8 Å². The molecule has 1 aromatic rings. The Morgan fingerprint density at radius 2 is 2.06 bits per heavy atom. The first-order chi connectivity index (χ1) is 7.72. The van der Waals surface area contributed by atoms with Gasteiger partial charge in [-0.25, -0.2) is 0 Å². The van der Waals surface area contributed by atoms with Crippen LogP contribution in [-0.2, 0) is 0 Å². The van der Waals surface area contributed by atoms with Gasteiger partial charge < -0.3 is 4.90 Å². The highest BCUT2D eigenvalue weighted by Crippen LogP contribution is 2.30. The topological polar surface area (TPSA) is 27.0 Å². The maximum atomic E-state index is 8.85. The highest BCUT2D eigenvalue weighted by molar-refractivity contribution is 6.33. The summed E-state index contributed by atoms with van der Waals surface area (Å²) < 4.78 is 0. The van der Waals surface area contributed by atoms with Crippen molar-refractivity contribution >= 4 is 17.3 Å². The van der Waals surface area contributed by atoms with E-state index in [2.05, 4.69) is 23.1 Å². The summed E-state index contributed by atoms with van der Waals surface area (Å²) in [6.45, 7) is 3.70. The van der Waals surface area contributed by atoms with Gasteiger partial charge in [-0.3, -0.25) is 0 Å². The van der Waals surface area contributed by atoms with Gasteiger partial charge in [-0.2, -0.15) is 5.26 Å². The lowest BCUT2D eigenvalue weighted by atomic mass is 10.0. The van der Waals surface area contributed by atoms with Crippen molar-refractivity contribution < 1.29 is 0 Å². The van der Waals surface area contributed by atoms with Crippen LogP contribution in [-0.4, -0.2) is 13.1 Å². The molecule has 1 aliphatic heterocycles. The van der Waals surface area contributed by atoms with Crippen LogP contribution < -0.4 is 4.90 Å². The van der Waals surface area contributed by atoms with Crippen LogP contribution in [0.4, 0.5) is 5.69 Å². The third-order valence-corrected chi connectivity index (χ3v) is 3.13. The van der Waals surface area contributed by atoms with Crippen LogP contribution in [0, 0.1) is 11.3 Å². The summed E-state index contributed by atoms with van der Waals surface area (Å²) in [5, 5.41) is 9.57. The van der Waals surface area contributed by atoms with E-state index in [9.17, 15) is 0 Å². The number of rotatable bonds is 2. The molecule has 1 unspecified atom stereocenters. The molecule has 1 heterocycles. The third-order valence-electron chi connectivity index (χ3n) is 2.82. The fourth-order valence-corrected chi connectivity index (χ4v) is 2.11. The van der Waals surface area contributed by atoms with Gasteiger partial charge in [0.15, 0.2) is 0 Å². The van der Waals surface area contributed by atoms with Crippen LogP contribution in [0.1, 0.15) is 18.4 Å². The average molecular weight is 233 g/mol. The Morgan fingerprint density at radius 3 is 2.62 bits per heavy atom. The number of halogens is 1. The van der Waals surface area contributed by atoms with E-state index >= 15 is 0 Å². The van der Waals surface area contributed by atoms with Gasteiger partial charge >= 0.3 is 0 Å². The van der Waals surface area contributed by atoms with Crippen LogP contribution in [0.25, 0.3) is 0 Å². The molecule has 0 fully saturated rings. The Hall–Kier alpha value is -1.46. The molecule has 1 aromatic carbocycles. The van der Waals surface area contributed by atoms with Crippen molar-refractivity contribution in [3.8, 4) is 6.07 Å². The summed E-state index contributed by atoms with van der Waals surface area (Å²) >= 11 is 6.23. The predicted molar refractivity (Wildman–Crippen MR) is 66.8 cm³/mol. The number of hydrogen-bond donors (Lipinski definition) is 0. The molecule has 1 atom stereocenters. The molecule has 82 valence electrons. The van der Waals surface area contributed by atoms with E-state index in [4.69, 9.17) is 16.9 Å². The van der Waals surface area contributed by atoms with E-state index in [1.54, 1.807) is 0 Å². The molecular weight excluding hydrogens is 220 g/mol. The summed E-state index contributed by atoms with van der Waals surface area (Å²) in [7, 11) is 0. The molecule has 1 aliphatic rings. The van der Waals surface area contributed by atoms with Gasteiger partial charge in [-0.05, 0) is 24.6 Å². The predicted octanol–water partition coefficient (Wildman–Crippen LogP) is 3.34. The van der Waals surface area contributed by atoms with E-state index < -0.39 is 0 Å². The maximum Gasteiger partial charge on any atom is 0.0700 e. The van der Waals surface area contributed by atoms with Crippen LogP contribution in [0.15, 0.2) is 30.4 Å². The molecule has 0 radical (unpaired) electrons. The summed E-state index contributed by atoms with van der Waals surface area (Å²) in [5.74, 6) is -0.108. The number of nitrogens with zero attached hydrogens (tertiary/aromatic N) is 2. The van der Waals surface area contributed by atoms with Gasteiger partial charge in [0.25, 0.3) is 0 Å². The van der Waals surface area contributed by atoms with E-state index in [-0.39, 0.29) is 5.92 Å². The first-order valence-corrected chi connectivity index (χ1v) is 5.69. The van der Waals surface area contributed by atoms with Crippen molar-refractivity contribution in [3.63, 3.8) is 0 Å². The third kappa shape index (κ3) is 2.05. The van der Waals surface area contributed by atoms with Crippen LogP contribution in [0.2, 0.25) is 5.02 Å². The molecule has 2 rings (SSSR count). The van der Waals surface area contributed by atoms with E-state index in [1.165, 1.54) is 0 Å². The monoisotopic (exact) mass is 232 g/mol. The van der Waals surface area contributed by atoms with Gasteiger partial charge in [0.1, 0.15) is 0 Å². The highest BCUT2D eigenvalue weighted by Gasteiger charge is 2.13. The Kier molecular flexibility index (Phi) is 3.17. The van der Waals surface area contributed by atoms with Gasteiger partial charge in [-0.1, -0.05) is 29.8 Å². The summed E-state index contributed by atoms with van der Waals surface area (Å²) in [5.41, 5.74) is 2.02. The minimum absolute atomic E-state index is 0.108. The Morgan fingerprint density at radius 1 is 1.38 bits per heavy atom. The van der Waals surface area contributed by atoms with Crippen molar-refractivity contribution in [1.29, 1.82) is 5.26 Å². The van der Waals surface area contributed by atoms with Gasteiger partial charge in [-0.15, -0.1) is 0 Å². The summed E-state index contributed by atoms with van der Waals surface area (Å²) in [6, 6.07) is 8.08. The van der Waals surface area contributed by atoms with Crippen molar-refractivity contribution in [2.75, 3.05) is 18.0 Å². The fourth-order valence-electron chi connectivity index (χ4n) is 1.80. The lowest BCUT2D eigenvalue weighted by Gasteiger charge is -2.19. The van der Waals surface area contributed by atoms with E-state index in [1.807, 2.05) is 25.1 Å². The molecule has 0 aromatic heterocycles. The molecule has 0 spiro atoms. The minimum atomic E-state index is -0.108.